The van der Waals surface area contributed by atoms with Crippen LogP contribution < -0.4 is 5.32 Å². The summed E-state index contributed by atoms with van der Waals surface area (Å²) in [5.74, 6) is 0. The van der Waals surface area contributed by atoms with Crippen molar-refractivity contribution in [3.8, 4) is 6.07 Å². The van der Waals surface area contributed by atoms with E-state index in [1.54, 1.807) is 6.20 Å². The fraction of sp³-hybridized carbons (Fsp3) is 0.667. The van der Waals surface area contributed by atoms with Gasteiger partial charge in [0.1, 0.15) is 5.54 Å². The first-order chi connectivity index (χ1) is 7.72. The molecule has 0 aliphatic heterocycles. The van der Waals surface area contributed by atoms with Crippen molar-refractivity contribution in [1.29, 1.82) is 5.26 Å². The molecule has 0 aromatic carbocycles. The Bertz CT molecular complexity index is 361. The zero-order valence-electron chi connectivity index (χ0n) is 9.69. The Morgan fingerprint density at radius 1 is 1.62 bits per heavy atom. The molecule has 1 N–H and O–H groups in total. The van der Waals surface area contributed by atoms with Gasteiger partial charge in [-0.2, -0.15) is 5.26 Å². The zero-order valence-corrected chi connectivity index (χ0v) is 9.69. The fourth-order valence-corrected chi connectivity index (χ4v) is 1.87. The van der Waals surface area contributed by atoms with Gasteiger partial charge in [0, 0.05) is 25.0 Å². The minimum Gasteiger partial charge on any atom is -0.337 e. The molecule has 86 valence electrons. The van der Waals surface area contributed by atoms with Crippen molar-refractivity contribution in [3.05, 3.63) is 18.7 Å². The molecule has 0 bridgehead atoms. The SMILES string of the molecule is CC(C#N)(CCCn1ccnc1)NC1CC1. The molecule has 1 aliphatic rings. The van der Waals surface area contributed by atoms with E-state index in [1.165, 1.54) is 12.8 Å². The summed E-state index contributed by atoms with van der Waals surface area (Å²) in [4.78, 5) is 4.00. The lowest BCUT2D eigenvalue weighted by Crippen LogP contribution is -2.42. The summed E-state index contributed by atoms with van der Waals surface area (Å²) >= 11 is 0. The molecule has 4 heteroatoms. The monoisotopic (exact) mass is 218 g/mol. The van der Waals surface area contributed by atoms with Gasteiger partial charge in [0.05, 0.1) is 12.4 Å². The lowest BCUT2D eigenvalue weighted by molar-refractivity contribution is 0.391. The molecule has 16 heavy (non-hydrogen) atoms. The van der Waals surface area contributed by atoms with Crippen LogP contribution in [0.4, 0.5) is 0 Å². The van der Waals surface area contributed by atoms with Crippen molar-refractivity contribution in [2.24, 2.45) is 0 Å². The number of nitrogens with one attached hydrogen (secondary N) is 1. The lowest BCUT2D eigenvalue weighted by atomic mass is 9.97. The van der Waals surface area contributed by atoms with Crippen LogP contribution >= 0.6 is 0 Å². The first kappa shape index (κ1) is 11.2. The van der Waals surface area contributed by atoms with Crippen molar-refractivity contribution in [2.45, 2.75) is 50.7 Å². The first-order valence-electron chi connectivity index (χ1n) is 5.86. The quantitative estimate of drug-likeness (QED) is 0.790. The number of rotatable bonds is 6. The molecular weight excluding hydrogens is 200 g/mol. The molecule has 1 saturated carbocycles. The first-order valence-corrected chi connectivity index (χ1v) is 5.86. The van der Waals surface area contributed by atoms with Crippen molar-refractivity contribution >= 4 is 0 Å². The zero-order chi connectivity index (χ0) is 11.4. The van der Waals surface area contributed by atoms with Gasteiger partial charge in [0.2, 0.25) is 0 Å². The van der Waals surface area contributed by atoms with E-state index in [0.717, 1.165) is 19.4 Å². The number of imidazole rings is 1. The van der Waals surface area contributed by atoms with Crippen LogP contribution in [0.15, 0.2) is 18.7 Å². The maximum absolute atomic E-state index is 9.19. The van der Waals surface area contributed by atoms with Crippen LogP contribution in [0.5, 0.6) is 0 Å². The summed E-state index contributed by atoms with van der Waals surface area (Å²) in [5, 5.41) is 12.6. The second kappa shape index (κ2) is 4.67. The number of nitrogens with zero attached hydrogens (tertiary/aromatic N) is 3. The normalized spacial score (nSPS) is 19.0. The van der Waals surface area contributed by atoms with Crippen LogP contribution in [0.3, 0.4) is 0 Å². The van der Waals surface area contributed by atoms with Gasteiger partial charge in [-0.1, -0.05) is 0 Å². The number of aromatic nitrogens is 2. The van der Waals surface area contributed by atoms with Gasteiger partial charge >= 0.3 is 0 Å². The van der Waals surface area contributed by atoms with E-state index in [1.807, 2.05) is 19.4 Å². The van der Waals surface area contributed by atoms with Gasteiger partial charge in [-0.05, 0) is 32.6 Å². The van der Waals surface area contributed by atoms with Crippen LogP contribution in [0, 0.1) is 11.3 Å². The molecule has 1 heterocycles. The maximum Gasteiger partial charge on any atom is 0.104 e. The Kier molecular flexibility index (Phi) is 3.25. The third kappa shape index (κ3) is 3.07. The molecular formula is C12H18N4. The van der Waals surface area contributed by atoms with Gasteiger partial charge in [0.15, 0.2) is 0 Å². The predicted molar refractivity (Wildman–Crippen MR) is 61.6 cm³/mol. The summed E-state index contributed by atoms with van der Waals surface area (Å²) in [7, 11) is 0. The summed E-state index contributed by atoms with van der Waals surface area (Å²) in [5.41, 5.74) is -0.359. The van der Waals surface area contributed by atoms with E-state index in [2.05, 4.69) is 20.9 Å². The molecule has 0 spiro atoms. The largest absolute Gasteiger partial charge is 0.337 e. The molecule has 0 radical (unpaired) electrons. The average molecular weight is 218 g/mol. The Balaban J connectivity index is 1.76. The second-order valence-electron chi connectivity index (χ2n) is 4.77. The highest BCUT2D eigenvalue weighted by atomic mass is 15.0. The van der Waals surface area contributed by atoms with E-state index in [0.29, 0.717) is 6.04 Å². The molecule has 1 unspecified atom stereocenters. The Morgan fingerprint density at radius 2 is 2.44 bits per heavy atom. The average Bonchev–Trinajstić information content (AvgIpc) is 2.92. The highest BCUT2D eigenvalue weighted by molar-refractivity contribution is 5.06. The summed E-state index contributed by atoms with van der Waals surface area (Å²) in [6, 6.07) is 2.98. The Labute approximate surface area is 96.3 Å². The van der Waals surface area contributed by atoms with E-state index in [-0.39, 0.29) is 5.54 Å². The molecule has 0 saturated heterocycles. The molecule has 1 atom stereocenters. The minimum atomic E-state index is -0.359. The highest BCUT2D eigenvalue weighted by Gasteiger charge is 2.31. The summed E-state index contributed by atoms with van der Waals surface area (Å²) < 4.78 is 2.05. The third-order valence-corrected chi connectivity index (χ3v) is 3.00. The number of aryl methyl sites for hydroxylation is 1. The van der Waals surface area contributed by atoms with E-state index in [4.69, 9.17) is 0 Å². The molecule has 1 aliphatic carbocycles. The molecule has 0 amide bonds. The van der Waals surface area contributed by atoms with Crippen LogP contribution in [0.2, 0.25) is 0 Å². The molecule has 1 aromatic rings. The van der Waals surface area contributed by atoms with E-state index < -0.39 is 0 Å². The van der Waals surface area contributed by atoms with Gasteiger partial charge < -0.3 is 4.57 Å². The fourth-order valence-electron chi connectivity index (χ4n) is 1.87. The van der Waals surface area contributed by atoms with E-state index in [9.17, 15) is 5.26 Å². The van der Waals surface area contributed by atoms with Gasteiger partial charge in [-0.15, -0.1) is 0 Å². The van der Waals surface area contributed by atoms with Crippen molar-refractivity contribution in [1.82, 2.24) is 14.9 Å². The maximum atomic E-state index is 9.19. The number of nitriles is 1. The molecule has 1 aromatic heterocycles. The standard InChI is InChI=1S/C12H18N4/c1-12(9-13,15-11-3-4-11)5-2-7-16-8-6-14-10-16/h6,8,10-11,15H,2-5,7H2,1H3. The lowest BCUT2D eigenvalue weighted by Gasteiger charge is -2.23. The van der Waals surface area contributed by atoms with Crippen LogP contribution in [-0.4, -0.2) is 21.1 Å². The number of hydrogen-bond donors (Lipinski definition) is 1. The highest BCUT2D eigenvalue weighted by Crippen LogP contribution is 2.24. The molecule has 1 fully saturated rings. The third-order valence-electron chi connectivity index (χ3n) is 3.00. The van der Waals surface area contributed by atoms with Gasteiger partial charge in [-0.3, -0.25) is 5.32 Å². The van der Waals surface area contributed by atoms with E-state index >= 15 is 0 Å². The predicted octanol–water partition coefficient (Wildman–Crippen LogP) is 1.70. The van der Waals surface area contributed by atoms with Gasteiger partial charge in [-0.25, -0.2) is 4.98 Å². The summed E-state index contributed by atoms with van der Waals surface area (Å²) in [6.07, 6.45) is 9.89. The molecule has 2 rings (SSSR count). The second-order valence-corrected chi connectivity index (χ2v) is 4.77. The smallest absolute Gasteiger partial charge is 0.104 e. The Morgan fingerprint density at radius 3 is 3.00 bits per heavy atom. The van der Waals surface area contributed by atoms with Crippen molar-refractivity contribution < 1.29 is 0 Å². The van der Waals surface area contributed by atoms with Crippen LogP contribution in [-0.2, 0) is 6.54 Å². The Hall–Kier alpha value is -1.34. The van der Waals surface area contributed by atoms with Crippen LogP contribution in [0.1, 0.15) is 32.6 Å². The molecule has 4 nitrogen and oxygen atoms in total. The number of hydrogen-bond acceptors (Lipinski definition) is 3. The minimum absolute atomic E-state index is 0.359. The van der Waals surface area contributed by atoms with Crippen LogP contribution in [0.25, 0.3) is 0 Å². The topological polar surface area (TPSA) is 53.6 Å². The van der Waals surface area contributed by atoms with Gasteiger partial charge in [0.25, 0.3) is 0 Å². The summed E-state index contributed by atoms with van der Waals surface area (Å²) in [6.45, 7) is 2.93. The van der Waals surface area contributed by atoms with Crippen molar-refractivity contribution in [3.63, 3.8) is 0 Å². The van der Waals surface area contributed by atoms with Crippen molar-refractivity contribution in [2.75, 3.05) is 0 Å².